The van der Waals surface area contributed by atoms with Crippen LogP contribution in [-0.2, 0) is 4.79 Å². The van der Waals surface area contributed by atoms with Gasteiger partial charge in [-0.05, 0) is 51.0 Å². The van der Waals surface area contributed by atoms with E-state index < -0.39 is 5.54 Å². The monoisotopic (exact) mass is 344 g/mol. The number of hydrogen-bond donors (Lipinski definition) is 1. The van der Waals surface area contributed by atoms with E-state index in [4.69, 9.17) is 10.5 Å². The molecule has 6 nitrogen and oxygen atoms in total. The molecular weight excluding hydrogens is 323 g/mol. The molecule has 0 aliphatic carbocycles. The minimum absolute atomic E-state index is 0.110. The summed E-state index contributed by atoms with van der Waals surface area (Å²) >= 11 is 0. The summed E-state index contributed by atoms with van der Waals surface area (Å²) in [5.74, 6) is 0.323. The fourth-order valence-electron chi connectivity index (χ4n) is 2.88. The van der Waals surface area contributed by atoms with Crippen LogP contribution in [0.5, 0.6) is 11.6 Å². The first-order valence-electron chi connectivity index (χ1n) is 8.20. The van der Waals surface area contributed by atoms with Crippen LogP contribution in [0, 0.1) is 5.82 Å². The van der Waals surface area contributed by atoms with Gasteiger partial charge < -0.3 is 15.4 Å². The predicted molar refractivity (Wildman–Crippen MR) is 90.5 cm³/mol. The van der Waals surface area contributed by atoms with Crippen LogP contribution >= 0.6 is 0 Å². The number of aromatic nitrogens is 2. The van der Waals surface area contributed by atoms with Gasteiger partial charge in [-0.25, -0.2) is 9.37 Å². The SMILES string of the molecule is CC(C)(N)C(=O)N1CCC[C@H]1c1cncc(Oc2ccc(F)cc2)n1. The lowest BCUT2D eigenvalue weighted by Gasteiger charge is -2.30. The highest BCUT2D eigenvalue weighted by atomic mass is 19.1. The molecule has 132 valence electrons. The van der Waals surface area contributed by atoms with E-state index in [0.717, 1.165) is 12.8 Å². The molecule has 1 fully saturated rings. The van der Waals surface area contributed by atoms with Crippen molar-refractivity contribution in [3.8, 4) is 11.6 Å². The van der Waals surface area contributed by atoms with E-state index in [2.05, 4.69) is 9.97 Å². The van der Waals surface area contributed by atoms with Crippen molar-refractivity contribution in [2.75, 3.05) is 6.54 Å². The van der Waals surface area contributed by atoms with Crippen LogP contribution in [0.4, 0.5) is 4.39 Å². The molecule has 0 spiro atoms. The molecular formula is C18H21FN4O2. The Morgan fingerprint density at radius 1 is 1.32 bits per heavy atom. The van der Waals surface area contributed by atoms with Crippen LogP contribution < -0.4 is 10.5 Å². The predicted octanol–water partition coefficient (Wildman–Crippen LogP) is 2.81. The third-order valence-corrected chi connectivity index (χ3v) is 4.07. The molecule has 2 N–H and O–H groups in total. The summed E-state index contributed by atoms with van der Waals surface area (Å²) in [6.45, 7) is 4.05. The maximum absolute atomic E-state index is 13.0. The van der Waals surface area contributed by atoms with Gasteiger partial charge in [-0.15, -0.1) is 0 Å². The lowest BCUT2D eigenvalue weighted by molar-refractivity contribution is -0.136. The lowest BCUT2D eigenvalue weighted by Crippen LogP contribution is -2.50. The molecule has 3 rings (SSSR count). The molecule has 2 aromatic rings. The van der Waals surface area contributed by atoms with Crippen LogP contribution in [0.25, 0.3) is 0 Å². The van der Waals surface area contributed by atoms with Crippen molar-refractivity contribution < 1.29 is 13.9 Å². The summed E-state index contributed by atoms with van der Waals surface area (Å²) < 4.78 is 18.6. The Balaban J connectivity index is 1.80. The van der Waals surface area contributed by atoms with E-state index in [1.807, 2.05) is 0 Å². The number of hydrogen-bond acceptors (Lipinski definition) is 5. The number of likely N-dealkylation sites (tertiary alicyclic amines) is 1. The number of rotatable bonds is 4. The third-order valence-electron chi connectivity index (χ3n) is 4.07. The van der Waals surface area contributed by atoms with E-state index in [9.17, 15) is 9.18 Å². The van der Waals surface area contributed by atoms with Crippen molar-refractivity contribution in [2.24, 2.45) is 5.73 Å². The minimum atomic E-state index is -0.932. The molecule has 0 saturated carbocycles. The molecule has 1 aromatic heterocycles. The Hall–Kier alpha value is -2.54. The molecule has 1 atom stereocenters. The van der Waals surface area contributed by atoms with E-state index >= 15 is 0 Å². The van der Waals surface area contributed by atoms with Crippen molar-refractivity contribution >= 4 is 5.91 Å². The van der Waals surface area contributed by atoms with Gasteiger partial charge in [0.25, 0.3) is 0 Å². The molecule has 0 unspecified atom stereocenters. The second kappa shape index (κ2) is 6.76. The first-order valence-corrected chi connectivity index (χ1v) is 8.20. The van der Waals surface area contributed by atoms with Gasteiger partial charge in [0.15, 0.2) is 0 Å². The van der Waals surface area contributed by atoms with Gasteiger partial charge in [-0.2, -0.15) is 0 Å². The summed E-state index contributed by atoms with van der Waals surface area (Å²) in [5.41, 5.74) is 5.69. The molecule has 1 aliphatic rings. The summed E-state index contributed by atoms with van der Waals surface area (Å²) in [6.07, 6.45) is 4.81. The maximum Gasteiger partial charge on any atom is 0.242 e. The summed E-state index contributed by atoms with van der Waals surface area (Å²) in [4.78, 5) is 22.9. The van der Waals surface area contributed by atoms with Crippen molar-refractivity contribution in [1.29, 1.82) is 0 Å². The molecule has 1 amide bonds. The molecule has 1 aliphatic heterocycles. The molecule has 1 aromatic carbocycles. The second-order valence-electron chi connectivity index (χ2n) is 6.72. The fourth-order valence-corrected chi connectivity index (χ4v) is 2.88. The first kappa shape index (κ1) is 17.3. The van der Waals surface area contributed by atoms with Crippen LogP contribution in [0.1, 0.15) is 38.4 Å². The number of amides is 1. The van der Waals surface area contributed by atoms with Crippen LogP contribution in [-0.4, -0.2) is 32.9 Å². The Morgan fingerprint density at radius 3 is 2.72 bits per heavy atom. The molecule has 0 radical (unpaired) electrons. The molecule has 1 saturated heterocycles. The molecule has 25 heavy (non-hydrogen) atoms. The largest absolute Gasteiger partial charge is 0.437 e. The van der Waals surface area contributed by atoms with Gasteiger partial charge in [-0.3, -0.25) is 9.78 Å². The topological polar surface area (TPSA) is 81.3 Å². The van der Waals surface area contributed by atoms with E-state index in [1.54, 1.807) is 24.9 Å². The minimum Gasteiger partial charge on any atom is -0.437 e. The van der Waals surface area contributed by atoms with Crippen molar-refractivity contribution in [3.63, 3.8) is 0 Å². The van der Waals surface area contributed by atoms with Crippen molar-refractivity contribution in [3.05, 3.63) is 48.2 Å². The average Bonchev–Trinajstić information content (AvgIpc) is 3.05. The standard InChI is InChI=1S/C18H21FN4O2/c1-18(2,20)17(24)23-9-3-4-15(23)14-10-21-11-16(22-14)25-13-7-5-12(19)6-8-13/h5-8,10-11,15H,3-4,9,20H2,1-2H3/t15-/m0/s1. The van der Waals surface area contributed by atoms with Gasteiger partial charge in [0, 0.05) is 6.54 Å². The van der Waals surface area contributed by atoms with Gasteiger partial charge in [0.1, 0.15) is 11.6 Å². The van der Waals surface area contributed by atoms with Crippen LogP contribution in [0.2, 0.25) is 0 Å². The fraction of sp³-hybridized carbons (Fsp3) is 0.389. The van der Waals surface area contributed by atoms with E-state index in [1.165, 1.54) is 30.5 Å². The number of benzene rings is 1. The number of carbonyl (C=O) groups excluding carboxylic acids is 1. The van der Waals surface area contributed by atoms with E-state index in [0.29, 0.717) is 23.9 Å². The molecule has 0 bridgehead atoms. The zero-order chi connectivity index (χ0) is 18.0. The highest BCUT2D eigenvalue weighted by Gasteiger charge is 2.37. The molecule has 2 heterocycles. The second-order valence-corrected chi connectivity index (χ2v) is 6.72. The number of halogens is 1. The normalized spacial score (nSPS) is 17.6. The summed E-state index contributed by atoms with van der Waals surface area (Å²) in [6, 6.07) is 5.50. The van der Waals surface area contributed by atoms with Crippen LogP contribution in [0.15, 0.2) is 36.7 Å². The van der Waals surface area contributed by atoms with Gasteiger partial charge in [-0.1, -0.05) is 0 Å². The van der Waals surface area contributed by atoms with Gasteiger partial charge in [0.2, 0.25) is 11.8 Å². The highest BCUT2D eigenvalue weighted by molar-refractivity contribution is 5.85. The van der Waals surface area contributed by atoms with Crippen molar-refractivity contribution in [1.82, 2.24) is 14.9 Å². The lowest BCUT2D eigenvalue weighted by atomic mass is 10.0. The van der Waals surface area contributed by atoms with E-state index in [-0.39, 0.29) is 17.8 Å². The van der Waals surface area contributed by atoms with Crippen LogP contribution in [0.3, 0.4) is 0 Å². The zero-order valence-corrected chi connectivity index (χ0v) is 14.3. The van der Waals surface area contributed by atoms with Crippen molar-refractivity contribution in [2.45, 2.75) is 38.3 Å². The first-order chi connectivity index (χ1) is 11.8. The smallest absolute Gasteiger partial charge is 0.242 e. The number of nitrogens with zero attached hydrogens (tertiary/aromatic N) is 3. The Bertz CT molecular complexity index is 758. The Morgan fingerprint density at radius 2 is 2.04 bits per heavy atom. The third kappa shape index (κ3) is 3.93. The highest BCUT2D eigenvalue weighted by Crippen LogP contribution is 2.33. The Labute approximate surface area is 145 Å². The maximum atomic E-state index is 13.0. The zero-order valence-electron chi connectivity index (χ0n) is 14.3. The average molecular weight is 344 g/mol. The Kier molecular flexibility index (Phi) is 4.67. The quantitative estimate of drug-likeness (QED) is 0.922. The number of ether oxygens (including phenoxy) is 1. The summed E-state index contributed by atoms with van der Waals surface area (Å²) in [7, 11) is 0. The summed E-state index contributed by atoms with van der Waals surface area (Å²) in [5, 5.41) is 0. The number of nitrogens with two attached hydrogens (primary N) is 1. The van der Waals surface area contributed by atoms with Gasteiger partial charge >= 0.3 is 0 Å². The molecule has 7 heteroatoms. The number of carbonyl (C=O) groups is 1. The van der Waals surface area contributed by atoms with Gasteiger partial charge in [0.05, 0.1) is 29.7 Å².